The van der Waals surface area contributed by atoms with Crippen LogP contribution in [0.4, 0.5) is 0 Å². The lowest BCUT2D eigenvalue weighted by molar-refractivity contribution is 0.0616. The van der Waals surface area contributed by atoms with Gasteiger partial charge in [0.15, 0.2) is 0 Å². The first-order valence-electron chi connectivity index (χ1n) is 7.81. The van der Waals surface area contributed by atoms with Crippen LogP contribution in [0.15, 0.2) is 10.5 Å². The molecular weight excluding hydrogens is 264 g/mol. The van der Waals surface area contributed by atoms with Crippen LogP contribution in [0.25, 0.3) is 0 Å². The van der Waals surface area contributed by atoms with Gasteiger partial charge in [0.25, 0.3) is 0 Å². The fourth-order valence-corrected chi connectivity index (χ4v) is 1.99. The maximum absolute atomic E-state index is 5.86. The number of nitrogens with one attached hydrogen (secondary N) is 1. The lowest BCUT2D eigenvalue weighted by Crippen LogP contribution is -2.35. The number of ether oxygens (including phenoxy) is 1. The molecule has 1 N–H and O–H groups in total. The fraction of sp³-hybridized carbons (Fsp3) is 0.765. The Morgan fingerprint density at radius 3 is 2.57 bits per heavy atom. The highest BCUT2D eigenvalue weighted by Gasteiger charge is 2.13. The second kappa shape index (κ2) is 7.97. The van der Waals surface area contributed by atoms with E-state index < -0.39 is 0 Å². The van der Waals surface area contributed by atoms with Crippen molar-refractivity contribution in [1.29, 1.82) is 0 Å². The van der Waals surface area contributed by atoms with Crippen LogP contribution in [0.2, 0.25) is 0 Å². The van der Waals surface area contributed by atoms with E-state index >= 15 is 0 Å². The minimum absolute atomic E-state index is 0.120. The van der Waals surface area contributed by atoms with Gasteiger partial charge >= 0.3 is 0 Å². The molecule has 1 aromatic heterocycles. The number of hydrogen-bond acceptors (Lipinski definition) is 4. The van der Waals surface area contributed by atoms with Crippen molar-refractivity contribution in [2.24, 2.45) is 0 Å². The van der Waals surface area contributed by atoms with Gasteiger partial charge in [0.2, 0.25) is 0 Å². The summed E-state index contributed by atoms with van der Waals surface area (Å²) < 4.78 is 11.4. The van der Waals surface area contributed by atoms with Gasteiger partial charge in [0, 0.05) is 24.2 Å². The van der Waals surface area contributed by atoms with Gasteiger partial charge in [-0.15, -0.1) is 0 Å². The molecule has 1 aromatic rings. The third-order valence-corrected chi connectivity index (χ3v) is 3.23. The van der Waals surface area contributed by atoms with Crippen LogP contribution in [0.1, 0.15) is 51.7 Å². The van der Waals surface area contributed by atoms with Crippen molar-refractivity contribution in [1.82, 2.24) is 10.2 Å². The Bertz CT molecular complexity index is 419. The van der Waals surface area contributed by atoms with E-state index in [9.17, 15) is 0 Å². The fourth-order valence-electron chi connectivity index (χ4n) is 1.99. The molecule has 0 saturated carbocycles. The molecule has 1 heterocycles. The van der Waals surface area contributed by atoms with E-state index in [2.05, 4.69) is 57.9 Å². The van der Waals surface area contributed by atoms with E-state index in [4.69, 9.17) is 9.15 Å². The second-order valence-electron chi connectivity index (χ2n) is 7.06. The van der Waals surface area contributed by atoms with E-state index in [0.29, 0.717) is 6.10 Å². The zero-order chi connectivity index (χ0) is 16.0. The molecule has 1 rings (SSSR count). The Balaban J connectivity index is 2.45. The largest absolute Gasteiger partial charge is 0.465 e. The summed E-state index contributed by atoms with van der Waals surface area (Å²) in [5.41, 5.74) is 1.36. The lowest BCUT2D eigenvalue weighted by atomic mass is 10.1. The average Bonchev–Trinajstić information content (AvgIpc) is 2.65. The highest BCUT2D eigenvalue weighted by atomic mass is 16.5. The van der Waals surface area contributed by atoms with Crippen LogP contribution < -0.4 is 5.32 Å². The maximum Gasteiger partial charge on any atom is 0.118 e. The van der Waals surface area contributed by atoms with E-state index in [0.717, 1.165) is 37.8 Å². The van der Waals surface area contributed by atoms with Crippen LogP contribution in [0, 0.1) is 6.92 Å². The monoisotopic (exact) mass is 296 g/mol. The summed E-state index contributed by atoms with van der Waals surface area (Å²) in [6.45, 7) is 16.0. The smallest absolute Gasteiger partial charge is 0.118 e. The first-order valence-corrected chi connectivity index (χ1v) is 7.81. The first kappa shape index (κ1) is 18.2. The number of aryl methyl sites for hydroxylation is 1. The molecular formula is C17H32N2O2. The Morgan fingerprint density at radius 1 is 1.33 bits per heavy atom. The molecule has 21 heavy (non-hydrogen) atoms. The van der Waals surface area contributed by atoms with E-state index in [1.165, 1.54) is 5.56 Å². The molecule has 0 bridgehead atoms. The average molecular weight is 296 g/mol. The van der Waals surface area contributed by atoms with E-state index in [1.54, 1.807) is 0 Å². The minimum Gasteiger partial charge on any atom is -0.465 e. The predicted octanol–water partition coefficient (Wildman–Crippen LogP) is 3.33. The number of hydrogen-bond donors (Lipinski definition) is 1. The van der Waals surface area contributed by atoms with Crippen molar-refractivity contribution >= 4 is 0 Å². The molecule has 0 fully saturated rings. The van der Waals surface area contributed by atoms with Gasteiger partial charge in [-0.3, -0.25) is 4.90 Å². The highest BCUT2D eigenvalue weighted by Crippen LogP contribution is 2.17. The van der Waals surface area contributed by atoms with Gasteiger partial charge in [0.05, 0.1) is 19.3 Å². The van der Waals surface area contributed by atoms with Crippen LogP contribution in [-0.2, 0) is 17.8 Å². The normalized spacial score (nSPS) is 12.6. The van der Waals surface area contributed by atoms with Gasteiger partial charge in [0.1, 0.15) is 11.5 Å². The standard InChI is InChI=1S/C17H32N2O2/c1-13(2)20-9-8-19(7)12-16-10-15(14(3)21-16)11-18-17(4,5)6/h10,13,18H,8-9,11-12H2,1-7H3. The van der Waals surface area contributed by atoms with Gasteiger partial charge in [-0.25, -0.2) is 0 Å². The third-order valence-electron chi connectivity index (χ3n) is 3.23. The summed E-state index contributed by atoms with van der Waals surface area (Å²) in [4.78, 5) is 2.22. The third kappa shape index (κ3) is 7.65. The van der Waals surface area contributed by atoms with Crippen molar-refractivity contribution in [2.75, 3.05) is 20.2 Å². The lowest BCUT2D eigenvalue weighted by Gasteiger charge is -2.20. The maximum atomic E-state index is 5.86. The quantitative estimate of drug-likeness (QED) is 0.798. The van der Waals surface area contributed by atoms with Crippen LogP contribution in [0.3, 0.4) is 0 Å². The first-order chi connectivity index (χ1) is 9.67. The SMILES string of the molecule is Cc1oc(CN(C)CCOC(C)C)cc1CNC(C)(C)C. The molecule has 0 radical (unpaired) electrons. The second-order valence-corrected chi connectivity index (χ2v) is 7.06. The summed E-state index contributed by atoms with van der Waals surface area (Å²) in [6.07, 6.45) is 0.291. The molecule has 0 aliphatic carbocycles. The molecule has 0 spiro atoms. The number of furan rings is 1. The number of rotatable bonds is 8. The van der Waals surface area contributed by atoms with Crippen molar-refractivity contribution in [3.05, 3.63) is 23.2 Å². The molecule has 0 saturated heterocycles. The molecule has 0 aliphatic heterocycles. The molecule has 0 aliphatic rings. The summed E-state index contributed by atoms with van der Waals surface area (Å²) in [5.74, 6) is 2.03. The number of nitrogens with zero attached hydrogens (tertiary/aromatic N) is 1. The predicted molar refractivity (Wildman–Crippen MR) is 87.5 cm³/mol. The summed E-state index contributed by atoms with van der Waals surface area (Å²) in [5, 5.41) is 3.50. The minimum atomic E-state index is 0.120. The molecule has 4 nitrogen and oxygen atoms in total. The van der Waals surface area contributed by atoms with Crippen LogP contribution in [0.5, 0.6) is 0 Å². The molecule has 0 amide bonds. The summed E-state index contributed by atoms with van der Waals surface area (Å²) in [7, 11) is 2.09. The van der Waals surface area contributed by atoms with Gasteiger partial charge < -0.3 is 14.5 Å². The molecule has 0 unspecified atom stereocenters. The Kier molecular flexibility index (Phi) is 6.91. The van der Waals surface area contributed by atoms with Gasteiger partial charge in [-0.1, -0.05) is 0 Å². The molecule has 0 aromatic carbocycles. The zero-order valence-corrected chi connectivity index (χ0v) is 14.7. The molecule has 122 valence electrons. The highest BCUT2D eigenvalue weighted by molar-refractivity contribution is 5.20. The summed E-state index contributed by atoms with van der Waals surface area (Å²) in [6, 6.07) is 2.16. The van der Waals surface area contributed by atoms with Crippen LogP contribution in [-0.4, -0.2) is 36.7 Å². The van der Waals surface area contributed by atoms with E-state index in [1.807, 2.05) is 6.92 Å². The van der Waals surface area contributed by atoms with Crippen molar-refractivity contribution < 1.29 is 9.15 Å². The van der Waals surface area contributed by atoms with Crippen molar-refractivity contribution in [2.45, 2.75) is 66.3 Å². The Morgan fingerprint density at radius 2 is 2.00 bits per heavy atom. The van der Waals surface area contributed by atoms with Crippen LogP contribution >= 0.6 is 0 Å². The van der Waals surface area contributed by atoms with Crippen molar-refractivity contribution in [3.63, 3.8) is 0 Å². The molecule has 0 atom stereocenters. The molecule has 4 heteroatoms. The Hall–Kier alpha value is -0.840. The van der Waals surface area contributed by atoms with Gasteiger partial charge in [-0.2, -0.15) is 0 Å². The zero-order valence-electron chi connectivity index (χ0n) is 14.7. The Labute approximate surface area is 129 Å². The topological polar surface area (TPSA) is 37.6 Å². The van der Waals surface area contributed by atoms with Gasteiger partial charge in [-0.05, 0) is 54.7 Å². The van der Waals surface area contributed by atoms with E-state index in [-0.39, 0.29) is 5.54 Å². The number of likely N-dealkylation sites (N-methyl/N-ethyl adjacent to an activating group) is 1. The van der Waals surface area contributed by atoms with Crippen molar-refractivity contribution in [3.8, 4) is 0 Å². The summed E-state index contributed by atoms with van der Waals surface area (Å²) >= 11 is 0.